The molecular weight excluding hydrogens is 214 g/mol. The number of nitrogens with one attached hydrogen (secondary N) is 1. The second kappa shape index (κ2) is 4.42. The summed E-state index contributed by atoms with van der Waals surface area (Å²) in [5.74, 6) is 1.82. The van der Waals surface area contributed by atoms with Crippen LogP contribution in [0.5, 0.6) is 0 Å². The molecule has 4 heteroatoms. The SMILES string of the molecule is Cc1nc(CN2CCC(NC3CC3)C2)oc1C. The lowest BCUT2D eigenvalue weighted by atomic mass is 10.2. The molecule has 4 nitrogen and oxygen atoms in total. The number of rotatable bonds is 4. The fraction of sp³-hybridized carbons (Fsp3) is 0.769. The third-order valence-electron chi connectivity index (χ3n) is 3.75. The molecule has 2 heterocycles. The van der Waals surface area contributed by atoms with Gasteiger partial charge in [-0.2, -0.15) is 0 Å². The number of likely N-dealkylation sites (tertiary alicyclic amines) is 1. The summed E-state index contributed by atoms with van der Waals surface area (Å²) < 4.78 is 5.63. The van der Waals surface area contributed by atoms with E-state index in [9.17, 15) is 0 Å². The third-order valence-corrected chi connectivity index (χ3v) is 3.75. The molecule has 0 radical (unpaired) electrons. The van der Waals surface area contributed by atoms with Crippen LogP contribution in [-0.2, 0) is 6.54 Å². The molecule has 1 aliphatic heterocycles. The van der Waals surface area contributed by atoms with Gasteiger partial charge in [0.15, 0.2) is 0 Å². The predicted molar refractivity (Wildman–Crippen MR) is 65.8 cm³/mol. The zero-order valence-electron chi connectivity index (χ0n) is 10.7. The van der Waals surface area contributed by atoms with Crippen molar-refractivity contribution in [2.24, 2.45) is 0 Å². The summed E-state index contributed by atoms with van der Waals surface area (Å²) in [4.78, 5) is 6.88. The van der Waals surface area contributed by atoms with E-state index in [1.165, 1.54) is 19.3 Å². The van der Waals surface area contributed by atoms with E-state index in [1.54, 1.807) is 0 Å². The van der Waals surface area contributed by atoms with E-state index in [1.807, 2.05) is 13.8 Å². The fourth-order valence-corrected chi connectivity index (χ4v) is 2.49. The number of oxazole rings is 1. The van der Waals surface area contributed by atoms with Gasteiger partial charge in [0.25, 0.3) is 0 Å². The van der Waals surface area contributed by atoms with Gasteiger partial charge in [-0.05, 0) is 33.1 Å². The van der Waals surface area contributed by atoms with Crippen molar-refractivity contribution in [2.45, 2.75) is 51.7 Å². The summed E-state index contributed by atoms with van der Waals surface area (Å²) >= 11 is 0. The molecule has 2 aliphatic rings. The minimum Gasteiger partial charge on any atom is -0.444 e. The highest BCUT2D eigenvalue weighted by Gasteiger charge is 2.29. The molecule has 3 rings (SSSR count). The van der Waals surface area contributed by atoms with E-state index in [2.05, 4.69) is 15.2 Å². The van der Waals surface area contributed by atoms with Crippen molar-refractivity contribution in [3.63, 3.8) is 0 Å². The molecule has 94 valence electrons. The van der Waals surface area contributed by atoms with Crippen LogP contribution in [-0.4, -0.2) is 35.1 Å². The van der Waals surface area contributed by atoms with Crippen LogP contribution in [0.3, 0.4) is 0 Å². The van der Waals surface area contributed by atoms with Crippen LogP contribution in [0.1, 0.15) is 36.6 Å². The summed E-state index contributed by atoms with van der Waals surface area (Å²) in [6.45, 7) is 7.14. The summed E-state index contributed by atoms with van der Waals surface area (Å²) in [5.41, 5.74) is 1.02. The molecule has 0 aromatic carbocycles. The molecule has 1 N–H and O–H groups in total. The number of aryl methyl sites for hydroxylation is 2. The quantitative estimate of drug-likeness (QED) is 0.861. The van der Waals surface area contributed by atoms with Crippen LogP contribution < -0.4 is 5.32 Å². The van der Waals surface area contributed by atoms with Crippen LogP contribution >= 0.6 is 0 Å². The summed E-state index contributed by atoms with van der Waals surface area (Å²) in [7, 11) is 0. The average Bonchev–Trinajstić information content (AvgIpc) is 2.89. The zero-order chi connectivity index (χ0) is 11.8. The minimum absolute atomic E-state index is 0.680. The highest BCUT2D eigenvalue weighted by Crippen LogP contribution is 2.22. The number of nitrogens with zero attached hydrogens (tertiary/aromatic N) is 2. The maximum absolute atomic E-state index is 5.63. The van der Waals surface area contributed by atoms with E-state index in [4.69, 9.17) is 4.42 Å². The van der Waals surface area contributed by atoms with Crippen molar-refractivity contribution in [1.29, 1.82) is 0 Å². The Labute approximate surface area is 102 Å². The van der Waals surface area contributed by atoms with Crippen LogP contribution in [0, 0.1) is 13.8 Å². The van der Waals surface area contributed by atoms with E-state index in [0.717, 1.165) is 43.0 Å². The highest BCUT2D eigenvalue weighted by atomic mass is 16.4. The van der Waals surface area contributed by atoms with Gasteiger partial charge in [0, 0.05) is 25.2 Å². The average molecular weight is 235 g/mol. The predicted octanol–water partition coefficient (Wildman–Crippen LogP) is 1.62. The largest absolute Gasteiger partial charge is 0.444 e. The summed E-state index contributed by atoms with van der Waals surface area (Å²) in [6.07, 6.45) is 4.00. The molecule has 0 bridgehead atoms. The Balaban J connectivity index is 1.52. The molecule has 1 aromatic rings. The summed E-state index contributed by atoms with van der Waals surface area (Å²) in [6, 6.07) is 1.49. The van der Waals surface area contributed by atoms with Gasteiger partial charge in [0.1, 0.15) is 5.76 Å². The fourth-order valence-electron chi connectivity index (χ4n) is 2.49. The van der Waals surface area contributed by atoms with Crippen LogP contribution in [0.25, 0.3) is 0 Å². The van der Waals surface area contributed by atoms with Crippen molar-refractivity contribution in [3.8, 4) is 0 Å². The lowest BCUT2D eigenvalue weighted by molar-refractivity contribution is 0.280. The van der Waals surface area contributed by atoms with Crippen LogP contribution in [0.4, 0.5) is 0 Å². The molecule has 2 fully saturated rings. The van der Waals surface area contributed by atoms with Crippen LogP contribution in [0.15, 0.2) is 4.42 Å². The van der Waals surface area contributed by atoms with Gasteiger partial charge in [-0.25, -0.2) is 4.98 Å². The van der Waals surface area contributed by atoms with E-state index >= 15 is 0 Å². The Kier molecular flexibility index (Phi) is 2.92. The molecule has 0 spiro atoms. The zero-order valence-corrected chi connectivity index (χ0v) is 10.7. The molecular formula is C13H21N3O. The Morgan fingerprint density at radius 1 is 1.29 bits per heavy atom. The van der Waals surface area contributed by atoms with Crippen molar-refractivity contribution in [1.82, 2.24) is 15.2 Å². The van der Waals surface area contributed by atoms with Gasteiger partial charge in [-0.3, -0.25) is 4.90 Å². The first kappa shape index (κ1) is 11.2. The Bertz CT molecular complexity index is 378. The molecule has 1 saturated carbocycles. The van der Waals surface area contributed by atoms with Crippen molar-refractivity contribution >= 4 is 0 Å². The third kappa shape index (κ3) is 2.69. The first-order chi connectivity index (χ1) is 8.20. The normalized spacial score (nSPS) is 25.6. The molecule has 1 aromatic heterocycles. The van der Waals surface area contributed by atoms with Crippen molar-refractivity contribution < 1.29 is 4.42 Å². The first-order valence-electron chi connectivity index (χ1n) is 6.62. The van der Waals surface area contributed by atoms with E-state index in [-0.39, 0.29) is 0 Å². The van der Waals surface area contributed by atoms with Gasteiger partial charge in [-0.1, -0.05) is 0 Å². The Hall–Kier alpha value is -0.870. The monoisotopic (exact) mass is 235 g/mol. The molecule has 1 atom stereocenters. The minimum atomic E-state index is 0.680. The molecule has 1 saturated heterocycles. The Morgan fingerprint density at radius 3 is 2.76 bits per heavy atom. The van der Waals surface area contributed by atoms with Gasteiger partial charge in [0.2, 0.25) is 5.89 Å². The van der Waals surface area contributed by atoms with E-state index in [0.29, 0.717) is 6.04 Å². The molecule has 0 amide bonds. The molecule has 1 unspecified atom stereocenters. The molecule has 1 aliphatic carbocycles. The Morgan fingerprint density at radius 2 is 2.12 bits per heavy atom. The topological polar surface area (TPSA) is 41.3 Å². The van der Waals surface area contributed by atoms with Crippen LogP contribution in [0.2, 0.25) is 0 Å². The van der Waals surface area contributed by atoms with Crippen molar-refractivity contribution in [3.05, 3.63) is 17.3 Å². The lowest BCUT2D eigenvalue weighted by Gasteiger charge is -2.14. The van der Waals surface area contributed by atoms with Gasteiger partial charge >= 0.3 is 0 Å². The standard InChI is InChI=1S/C13H21N3O/c1-9-10(2)17-13(14-9)8-16-6-5-12(7-16)15-11-3-4-11/h11-12,15H,3-8H2,1-2H3. The van der Waals surface area contributed by atoms with E-state index < -0.39 is 0 Å². The highest BCUT2D eigenvalue weighted by molar-refractivity contribution is 5.05. The van der Waals surface area contributed by atoms with Crippen molar-refractivity contribution in [2.75, 3.05) is 13.1 Å². The second-order valence-corrected chi connectivity index (χ2v) is 5.41. The first-order valence-corrected chi connectivity index (χ1v) is 6.62. The van der Waals surface area contributed by atoms with Gasteiger partial charge in [0.05, 0.1) is 12.2 Å². The maximum Gasteiger partial charge on any atom is 0.208 e. The van der Waals surface area contributed by atoms with Gasteiger partial charge < -0.3 is 9.73 Å². The number of aromatic nitrogens is 1. The maximum atomic E-state index is 5.63. The molecule has 17 heavy (non-hydrogen) atoms. The number of hydrogen-bond acceptors (Lipinski definition) is 4. The number of hydrogen-bond donors (Lipinski definition) is 1. The van der Waals surface area contributed by atoms with Gasteiger partial charge in [-0.15, -0.1) is 0 Å². The summed E-state index contributed by atoms with van der Waals surface area (Å²) in [5, 5.41) is 3.69. The second-order valence-electron chi connectivity index (χ2n) is 5.41. The smallest absolute Gasteiger partial charge is 0.208 e. The lowest BCUT2D eigenvalue weighted by Crippen LogP contribution is -2.33.